The summed E-state index contributed by atoms with van der Waals surface area (Å²) in [6.45, 7) is 6.01. The molecule has 1 aromatic heterocycles. The molecule has 1 heterocycles. The molecule has 0 saturated heterocycles. The molecule has 4 nitrogen and oxygen atoms in total. The average Bonchev–Trinajstić information content (AvgIpc) is 2.85. The van der Waals surface area contributed by atoms with Crippen LogP contribution < -0.4 is 5.32 Å². The van der Waals surface area contributed by atoms with Gasteiger partial charge in [-0.1, -0.05) is 29.4 Å². The second-order valence-corrected chi connectivity index (χ2v) is 5.94. The van der Waals surface area contributed by atoms with E-state index in [2.05, 4.69) is 15.5 Å². The Morgan fingerprint density at radius 2 is 1.76 bits per heavy atom. The SMILES string of the molecule is CC(C)(C)Nc1nc(-c2ccc(F)c3ccccc23)no1. The van der Waals surface area contributed by atoms with Crippen molar-refractivity contribution >= 4 is 16.8 Å². The van der Waals surface area contributed by atoms with E-state index >= 15 is 0 Å². The van der Waals surface area contributed by atoms with E-state index in [9.17, 15) is 4.39 Å². The van der Waals surface area contributed by atoms with Crippen LogP contribution in [-0.2, 0) is 0 Å². The molecule has 0 aliphatic carbocycles. The van der Waals surface area contributed by atoms with Crippen LogP contribution in [-0.4, -0.2) is 15.7 Å². The number of fused-ring (bicyclic) bond motifs is 1. The highest BCUT2D eigenvalue weighted by atomic mass is 19.1. The normalized spacial score (nSPS) is 11.8. The van der Waals surface area contributed by atoms with E-state index in [0.717, 1.165) is 10.9 Å². The van der Waals surface area contributed by atoms with Gasteiger partial charge in [0.05, 0.1) is 0 Å². The van der Waals surface area contributed by atoms with Gasteiger partial charge in [-0.3, -0.25) is 0 Å². The second kappa shape index (κ2) is 4.84. The minimum Gasteiger partial charge on any atom is -0.333 e. The Balaban J connectivity index is 2.07. The molecule has 5 heteroatoms. The number of nitrogens with one attached hydrogen (secondary N) is 1. The smallest absolute Gasteiger partial charge is 0.322 e. The summed E-state index contributed by atoms with van der Waals surface area (Å²) in [5, 5.41) is 8.41. The summed E-state index contributed by atoms with van der Waals surface area (Å²) >= 11 is 0. The third-order valence-corrected chi connectivity index (χ3v) is 3.02. The third kappa shape index (κ3) is 2.72. The number of benzene rings is 2. The van der Waals surface area contributed by atoms with Crippen molar-refractivity contribution in [2.75, 3.05) is 5.32 Å². The van der Waals surface area contributed by atoms with Crippen LogP contribution in [0.5, 0.6) is 0 Å². The Morgan fingerprint density at radius 3 is 2.48 bits per heavy atom. The number of anilines is 1. The van der Waals surface area contributed by atoms with Crippen LogP contribution in [0.25, 0.3) is 22.2 Å². The molecule has 0 amide bonds. The first-order valence-corrected chi connectivity index (χ1v) is 6.73. The summed E-state index contributed by atoms with van der Waals surface area (Å²) in [5.74, 6) is 0.184. The molecule has 2 aromatic carbocycles. The lowest BCUT2D eigenvalue weighted by Crippen LogP contribution is -2.26. The van der Waals surface area contributed by atoms with Crippen molar-refractivity contribution in [3.8, 4) is 11.4 Å². The summed E-state index contributed by atoms with van der Waals surface area (Å²) in [6, 6.07) is 10.7. The van der Waals surface area contributed by atoms with Gasteiger partial charge >= 0.3 is 6.01 Å². The summed E-state index contributed by atoms with van der Waals surface area (Å²) in [5.41, 5.74) is 0.576. The fourth-order valence-electron chi connectivity index (χ4n) is 2.16. The minimum atomic E-state index is -0.258. The predicted octanol–water partition coefficient (Wildman–Crippen LogP) is 4.24. The number of hydrogen-bond donors (Lipinski definition) is 1. The molecule has 0 fully saturated rings. The Labute approximate surface area is 122 Å². The second-order valence-electron chi connectivity index (χ2n) is 5.94. The van der Waals surface area contributed by atoms with Crippen LogP contribution in [0.1, 0.15) is 20.8 Å². The van der Waals surface area contributed by atoms with E-state index in [4.69, 9.17) is 4.52 Å². The quantitative estimate of drug-likeness (QED) is 0.765. The van der Waals surface area contributed by atoms with Crippen molar-refractivity contribution < 1.29 is 8.91 Å². The zero-order valence-electron chi connectivity index (χ0n) is 12.1. The fraction of sp³-hybridized carbons (Fsp3) is 0.250. The number of aromatic nitrogens is 2. The first-order chi connectivity index (χ1) is 9.94. The van der Waals surface area contributed by atoms with Crippen LogP contribution in [0.4, 0.5) is 10.4 Å². The molecule has 0 radical (unpaired) electrons. The Hall–Kier alpha value is -2.43. The fourth-order valence-corrected chi connectivity index (χ4v) is 2.16. The number of halogens is 1. The van der Waals surface area contributed by atoms with E-state index in [1.54, 1.807) is 18.2 Å². The highest BCUT2D eigenvalue weighted by molar-refractivity contribution is 5.95. The maximum atomic E-state index is 13.8. The van der Waals surface area contributed by atoms with Crippen LogP contribution in [0, 0.1) is 5.82 Å². The van der Waals surface area contributed by atoms with Crippen molar-refractivity contribution in [1.29, 1.82) is 0 Å². The van der Waals surface area contributed by atoms with Gasteiger partial charge in [0.2, 0.25) is 5.82 Å². The molecule has 0 atom stereocenters. The van der Waals surface area contributed by atoms with E-state index < -0.39 is 0 Å². The molecular weight excluding hydrogens is 269 g/mol. The standard InChI is InChI=1S/C16H16FN3O/c1-16(2,3)19-15-18-14(20-21-15)12-8-9-13(17)11-7-5-4-6-10(11)12/h4-9H,1-3H3,(H,18,19,20). The Kier molecular flexibility index (Phi) is 3.12. The first kappa shape index (κ1) is 13.5. The summed E-state index contributed by atoms with van der Waals surface area (Å²) < 4.78 is 19.0. The van der Waals surface area contributed by atoms with Gasteiger partial charge in [-0.2, -0.15) is 4.98 Å². The van der Waals surface area contributed by atoms with Crippen molar-refractivity contribution in [1.82, 2.24) is 10.1 Å². The highest BCUT2D eigenvalue weighted by Crippen LogP contribution is 2.29. The molecule has 21 heavy (non-hydrogen) atoms. The van der Waals surface area contributed by atoms with E-state index in [0.29, 0.717) is 17.2 Å². The Bertz CT molecular complexity index is 790. The van der Waals surface area contributed by atoms with Crippen LogP contribution in [0.2, 0.25) is 0 Å². The van der Waals surface area contributed by atoms with Crippen molar-refractivity contribution in [2.45, 2.75) is 26.3 Å². The summed E-state index contributed by atoms with van der Waals surface area (Å²) in [7, 11) is 0. The molecule has 0 unspecified atom stereocenters. The molecule has 3 rings (SSSR count). The van der Waals surface area contributed by atoms with E-state index in [-0.39, 0.29) is 11.4 Å². The monoisotopic (exact) mass is 285 g/mol. The number of rotatable bonds is 2. The topological polar surface area (TPSA) is 51.0 Å². The average molecular weight is 285 g/mol. The van der Waals surface area contributed by atoms with Crippen molar-refractivity contribution in [3.05, 3.63) is 42.2 Å². The van der Waals surface area contributed by atoms with Gasteiger partial charge in [0.1, 0.15) is 5.82 Å². The van der Waals surface area contributed by atoms with Gasteiger partial charge in [-0.05, 0) is 38.3 Å². The first-order valence-electron chi connectivity index (χ1n) is 6.73. The minimum absolute atomic E-state index is 0.172. The van der Waals surface area contributed by atoms with Crippen LogP contribution in [0.3, 0.4) is 0 Å². The lowest BCUT2D eigenvalue weighted by Gasteiger charge is -2.17. The van der Waals surface area contributed by atoms with Gasteiger partial charge in [0.15, 0.2) is 0 Å². The molecule has 0 aliphatic heterocycles. The highest BCUT2D eigenvalue weighted by Gasteiger charge is 2.17. The number of nitrogens with zero attached hydrogens (tertiary/aromatic N) is 2. The molecule has 0 aliphatic rings. The van der Waals surface area contributed by atoms with E-state index in [1.807, 2.05) is 32.9 Å². The molecule has 0 bridgehead atoms. The van der Waals surface area contributed by atoms with Crippen molar-refractivity contribution in [3.63, 3.8) is 0 Å². The third-order valence-electron chi connectivity index (χ3n) is 3.02. The molecule has 3 aromatic rings. The van der Waals surface area contributed by atoms with Crippen molar-refractivity contribution in [2.24, 2.45) is 0 Å². The lowest BCUT2D eigenvalue weighted by atomic mass is 10.0. The maximum Gasteiger partial charge on any atom is 0.322 e. The molecular formula is C16H16FN3O. The maximum absolute atomic E-state index is 13.8. The zero-order valence-corrected chi connectivity index (χ0v) is 12.1. The van der Waals surface area contributed by atoms with E-state index in [1.165, 1.54) is 6.07 Å². The molecule has 0 spiro atoms. The zero-order chi connectivity index (χ0) is 15.0. The van der Waals surface area contributed by atoms with Gasteiger partial charge in [-0.15, -0.1) is 0 Å². The summed E-state index contributed by atoms with van der Waals surface area (Å²) in [6.07, 6.45) is 0. The molecule has 1 N–H and O–H groups in total. The van der Waals surface area contributed by atoms with Gasteiger partial charge in [0, 0.05) is 16.5 Å². The van der Waals surface area contributed by atoms with Crippen LogP contribution in [0.15, 0.2) is 40.9 Å². The number of hydrogen-bond acceptors (Lipinski definition) is 4. The summed E-state index contributed by atoms with van der Waals surface area (Å²) in [4.78, 5) is 4.33. The van der Waals surface area contributed by atoms with Gasteiger partial charge in [-0.25, -0.2) is 4.39 Å². The largest absolute Gasteiger partial charge is 0.333 e. The molecule has 0 saturated carbocycles. The van der Waals surface area contributed by atoms with Crippen LogP contribution >= 0.6 is 0 Å². The van der Waals surface area contributed by atoms with Gasteiger partial charge < -0.3 is 9.84 Å². The lowest BCUT2D eigenvalue weighted by molar-refractivity contribution is 0.420. The predicted molar refractivity (Wildman–Crippen MR) is 80.6 cm³/mol. The Morgan fingerprint density at radius 1 is 1.05 bits per heavy atom. The molecule has 108 valence electrons. The van der Waals surface area contributed by atoms with Gasteiger partial charge in [0.25, 0.3) is 0 Å².